The highest BCUT2D eigenvalue weighted by molar-refractivity contribution is 8.02. The van der Waals surface area contributed by atoms with Crippen LogP contribution in [0.5, 0.6) is 0 Å². The first-order chi connectivity index (χ1) is 8.68. The van der Waals surface area contributed by atoms with Gasteiger partial charge in [0.05, 0.1) is 5.75 Å². The number of anilines is 1. The van der Waals surface area contributed by atoms with Crippen LogP contribution in [0.25, 0.3) is 0 Å². The summed E-state index contributed by atoms with van der Waals surface area (Å²) in [6.07, 6.45) is 1.66. The Balaban J connectivity index is 2.02. The summed E-state index contributed by atoms with van der Waals surface area (Å²) in [4.78, 5) is 25.1. The van der Waals surface area contributed by atoms with E-state index in [2.05, 4.69) is 5.32 Å². The smallest absolute Gasteiger partial charge is 0.247 e. The number of rotatable bonds is 3. The first-order valence-electron chi connectivity index (χ1n) is 5.64. The average Bonchev–Trinajstić information content (AvgIpc) is 2.39. The second-order valence-corrected chi connectivity index (χ2v) is 4.82. The second-order valence-electron chi connectivity index (χ2n) is 3.93. The predicted molar refractivity (Wildman–Crippen MR) is 73.0 cm³/mol. The molecule has 94 valence electrons. The first-order valence-corrected chi connectivity index (χ1v) is 6.68. The molecule has 0 saturated heterocycles. The molecule has 1 N–H and O–H groups in total. The highest BCUT2D eigenvalue weighted by Crippen LogP contribution is 2.16. The van der Waals surface area contributed by atoms with Gasteiger partial charge in [-0.1, -0.05) is 18.2 Å². The molecule has 1 aromatic carbocycles. The number of para-hydroxylation sites is 1. The van der Waals surface area contributed by atoms with Crippen molar-refractivity contribution in [3.8, 4) is 0 Å². The van der Waals surface area contributed by atoms with Crippen LogP contribution in [-0.2, 0) is 9.59 Å². The van der Waals surface area contributed by atoms with Gasteiger partial charge in [0.2, 0.25) is 11.8 Å². The largest absolute Gasteiger partial charge is 0.324 e. The molecule has 5 heteroatoms. The van der Waals surface area contributed by atoms with Crippen LogP contribution >= 0.6 is 11.8 Å². The SMILES string of the molecule is CC(C(=O)Nc1ccccc1)N1C=CSCC1=O. The molecule has 1 aliphatic rings. The molecule has 2 rings (SSSR count). The van der Waals surface area contributed by atoms with Gasteiger partial charge < -0.3 is 10.2 Å². The maximum atomic E-state index is 12.0. The molecule has 0 aromatic heterocycles. The highest BCUT2D eigenvalue weighted by atomic mass is 32.2. The maximum absolute atomic E-state index is 12.0. The van der Waals surface area contributed by atoms with E-state index < -0.39 is 6.04 Å². The number of nitrogens with one attached hydrogen (secondary N) is 1. The third kappa shape index (κ3) is 2.92. The summed E-state index contributed by atoms with van der Waals surface area (Å²) in [7, 11) is 0. The first kappa shape index (κ1) is 12.7. The van der Waals surface area contributed by atoms with Crippen LogP contribution in [0, 0.1) is 0 Å². The summed E-state index contributed by atoms with van der Waals surface area (Å²) in [6.45, 7) is 1.72. The Morgan fingerprint density at radius 2 is 2.11 bits per heavy atom. The molecular formula is C13H14N2O2S. The van der Waals surface area contributed by atoms with Crippen LogP contribution in [0.3, 0.4) is 0 Å². The minimum Gasteiger partial charge on any atom is -0.324 e. The minimum absolute atomic E-state index is 0.0433. The van der Waals surface area contributed by atoms with E-state index in [9.17, 15) is 9.59 Å². The van der Waals surface area contributed by atoms with E-state index in [4.69, 9.17) is 0 Å². The molecule has 18 heavy (non-hydrogen) atoms. The fraction of sp³-hybridized carbons (Fsp3) is 0.231. The number of nitrogens with zero attached hydrogens (tertiary/aromatic N) is 1. The molecule has 2 amide bonds. The number of hydrogen-bond acceptors (Lipinski definition) is 3. The normalized spacial score (nSPS) is 16.5. The molecule has 0 bridgehead atoms. The third-order valence-electron chi connectivity index (χ3n) is 2.65. The number of carbonyl (C=O) groups is 2. The van der Waals surface area contributed by atoms with E-state index >= 15 is 0 Å². The molecule has 0 saturated carbocycles. The standard InChI is InChI=1S/C13H14N2O2S/c1-10(15-7-8-18-9-12(15)16)13(17)14-11-5-3-2-4-6-11/h2-8,10H,9H2,1H3,(H,14,17). The van der Waals surface area contributed by atoms with Crippen molar-refractivity contribution in [3.05, 3.63) is 41.9 Å². The summed E-state index contributed by atoms with van der Waals surface area (Å²) in [6, 6.07) is 8.71. The lowest BCUT2D eigenvalue weighted by atomic mass is 10.2. The Morgan fingerprint density at radius 3 is 2.78 bits per heavy atom. The molecule has 0 aliphatic carbocycles. The topological polar surface area (TPSA) is 49.4 Å². The number of amides is 2. The number of thioether (sulfide) groups is 1. The summed E-state index contributed by atoms with van der Waals surface area (Å²) >= 11 is 1.44. The molecule has 0 spiro atoms. The van der Waals surface area contributed by atoms with Crippen LogP contribution in [0.15, 0.2) is 41.9 Å². The van der Waals surface area contributed by atoms with E-state index in [1.807, 2.05) is 35.7 Å². The van der Waals surface area contributed by atoms with Gasteiger partial charge in [-0.15, -0.1) is 11.8 Å². The fourth-order valence-electron chi connectivity index (χ4n) is 1.63. The van der Waals surface area contributed by atoms with Crippen molar-refractivity contribution in [3.63, 3.8) is 0 Å². The highest BCUT2D eigenvalue weighted by Gasteiger charge is 2.25. The summed E-state index contributed by atoms with van der Waals surface area (Å²) < 4.78 is 0. The fourth-order valence-corrected chi connectivity index (χ4v) is 2.23. The lowest BCUT2D eigenvalue weighted by molar-refractivity contribution is -0.133. The summed E-state index contributed by atoms with van der Waals surface area (Å²) in [5, 5.41) is 4.61. The maximum Gasteiger partial charge on any atom is 0.247 e. The lowest BCUT2D eigenvalue weighted by Gasteiger charge is -2.26. The van der Waals surface area contributed by atoms with Crippen LogP contribution in [0.4, 0.5) is 5.69 Å². The molecule has 4 nitrogen and oxygen atoms in total. The Labute approximate surface area is 110 Å². The zero-order chi connectivity index (χ0) is 13.0. The Kier molecular flexibility index (Phi) is 4.04. The van der Waals surface area contributed by atoms with Crippen LogP contribution in [-0.4, -0.2) is 28.5 Å². The van der Waals surface area contributed by atoms with Crippen LogP contribution in [0.1, 0.15) is 6.92 Å². The molecule has 1 unspecified atom stereocenters. The molecule has 1 aliphatic heterocycles. The van der Waals surface area contributed by atoms with Gasteiger partial charge in [0.25, 0.3) is 0 Å². The minimum atomic E-state index is -0.505. The van der Waals surface area contributed by atoms with Crippen molar-refractivity contribution < 1.29 is 9.59 Å². The second kappa shape index (κ2) is 5.73. The van der Waals surface area contributed by atoms with Crippen molar-refractivity contribution in [1.82, 2.24) is 4.90 Å². The van der Waals surface area contributed by atoms with Gasteiger partial charge >= 0.3 is 0 Å². The van der Waals surface area contributed by atoms with Crippen molar-refractivity contribution in [1.29, 1.82) is 0 Å². The number of carbonyl (C=O) groups excluding carboxylic acids is 2. The van der Waals surface area contributed by atoms with E-state index in [1.54, 1.807) is 13.1 Å². The lowest BCUT2D eigenvalue weighted by Crippen LogP contribution is -2.44. The molecule has 1 heterocycles. The number of benzene rings is 1. The summed E-state index contributed by atoms with van der Waals surface area (Å²) in [5.74, 6) is 0.156. The zero-order valence-corrected chi connectivity index (χ0v) is 10.8. The average molecular weight is 262 g/mol. The molecule has 1 atom stereocenters. The quantitative estimate of drug-likeness (QED) is 0.907. The van der Waals surface area contributed by atoms with E-state index in [0.717, 1.165) is 5.69 Å². The van der Waals surface area contributed by atoms with Crippen LogP contribution < -0.4 is 5.32 Å². The zero-order valence-electron chi connectivity index (χ0n) is 10.00. The van der Waals surface area contributed by atoms with Gasteiger partial charge in [0, 0.05) is 11.9 Å². The molecule has 0 fully saturated rings. The Hall–Kier alpha value is -1.75. The Morgan fingerprint density at radius 1 is 1.39 bits per heavy atom. The van der Waals surface area contributed by atoms with Gasteiger partial charge in [0.15, 0.2) is 0 Å². The molecule has 0 radical (unpaired) electrons. The summed E-state index contributed by atoms with van der Waals surface area (Å²) in [5.41, 5.74) is 0.733. The Bertz CT molecular complexity index is 473. The van der Waals surface area contributed by atoms with Gasteiger partial charge in [-0.2, -0.15) is 0 Å². The van der Waals surface area contributed by atoms with Gasteiger partial charge in [-0.3, -0.25) is 9.59 Å². The molecular weight excluding hydrogens is 248 g/mol. The van der Waals surface area contributed by atoms with Crippen LogP contribution in [0.2, 0.25) is 0 Å². The van der Waals surface area contributed by atoms with Crippen molar-refractivity contribution in [2.45, 2.75) is 13.0 Å². The van der Waals surface area contributed by atoms with Crippen molar-refractivity contribution in [2.75, 3.05) is 11.1 Å². The van der Waals surface area contributed by atoms with E-state index in [1.165, 1.54) is 16.7 Å². The monoisotopic (exact) mass is 262 g/mol. The number of hydrogen-bond donors (Lipinski definition) is 1. The van der Waals surface area contributed by atoms with Crippen molar-refractivity contribution in [2.24, 2.45) is 0 Å². The van der Waals surface area contributed by atoms with Crippen molar-refractivity contribution >= 4 is 29.3 Å². The molecule has 1 aromatic rings. The van der Waals surface area contributed by atoms with E-state index in [0.29, 0.717) is 5.75 Å². The predicted octanol–water partition coefficient (Wildman–Crippen LogP) is 2.06. The van der Waals surface area contributed by atoms with Gasteiger partial charge in [-0.25, -0.2) is 0 Å². The third-order valence-corrected chi connectivity index (χ3v) is 3.38. The van der Waals surface area contributed by atoms with E-state index in [-0.39, 0.29) is 11.8 Å². The van der Waals surface area contributed by atoms with Gasteiger partial charge in [0.1, 0.15) is 6.04 Å². The van der Waals surface area contributed by atoms with Gasteiger partial charge in [-0.05, 0) is 24.5 Å².